The van der Waals surface area contributed by atoms with E-state index < -0.39 is 23.3 Å². The molecule has 0 atom stereocenters. The number of anilines is 1. The first-order valence-electron chi connectivity index (χ1n) is 3.90. The Labute approximate surface area is 82.7 Å². The van der Waals surface area contributed by atoms with E-state index in [1.807, 2.05) is 0 Å². The van der Waals surface area contributed by atoms with Crippen molar-refractivity contribution in [1.82, 2.24) is 0 Å². The second-order valence-corrected chi connectivity index (χ2v) is 2.97. The van der Waals surface area contributed by atoms with Crippen LogP contribution >= 0.6 is 0 Å². The van der Waals surface area contributed by atoms with Gasteiger partial charge >= 0.3 is 6.18 Å². The first kappa shape index (κ1) is 11.5. The number of nitrogen functional groups attached to an aromatic ring is 1. The average Bonchev–Trinajstić information content (AvgIpc) is 2.06. The zero-order chi connectivity index (χ0) is 11.8. The zero-order valence-electron chi connectivity index (χ0n) is 7.65. The van der Waals surface area contributed by atoms with Gasteiger partial charge in [0.2, 0.25) is 0 Å². The minimum Gasteiger partial charge on any atom is -0.398 e. The van der Waals surface area contributed by atoms with Gasteiger partial charge in [0.1, 0.15) is 5.82 Å². The number of ketones is 1. The molecule has 15 heavy (non-hydrogen) atoms. The maximum absolute atomic E-state index is 13.0. The Morgan fingerprint density at radius 2 is 1.87 bits per heavy atom. The third kappa shape index (κ3) is 2.26. The monoisotopic (exact) mass is 221 g/mol. The summed E-state index contributed by atoms with van der Waals surface area (Å²) >= 11 is 0. The molecular formula is C9H7F4NO. The van der Waals surface area contributed by atoms with E-state index >= 15 is 0 Å². The molecule has 0 amide bonds. The zero-order valence-corrected chi connectivity index (χ0v) is 7.65. The van der Waals surface area contributed by atoms with Crippen molar-refractivity contribution in [2.45, 2.75) is 13.1 Å². The SMILES string of the molecule is CC(=O)c1cc(F)c(C(F)(F)F)cc1N. The molecule has 1 aromatic carbocycles. The van der Waals surface area contributed by atoms with Gasteiger partial charge in [-0.25, -0.2) is 4.39 Å². The van der Waals surface area contributed by atoms with Crippen molar-refractivity contribution in [3.8, 4) is 0 Å². The largest absolute Gasteiger partial charge is 0.419 e. The summed E-state index contributed by atoms with van der Waals surface area (Å²) in [4.78, 5) is 10.9. The van der Waals surface area contributed by atoms with Crippen molar-refractivity contribution in [3.05, 3.63) is 29.1 Å². The minimum absolute atomic E-state index is 0.250. The second kappa shape index (κ2) is 3.52. The van der Waals surface area contributed by atoms with Crippen molar-refractivity contribution in [1.29, 1.82) is 0 Å². The van der Waals surface area contributed by atoms with Crippen LogP contribution in [0.1, 0.15) is 22.8 Å². The van der Waals surface area contributed by atoms with Gasteiger partial charge < -0.3 is 5.73 Å². The van der Waals surface area contributed by atoms with E-state index in [-0.39, 0.29) is 11.3 Å². The molecule has 0 aromatic heterocycles. The van der Waals surface area contributed by atoms with Crippen LogP contribution in [0.5, 0.6) is 0 Å². The van der Waals surface area contributed by atoms with Crippen LogP contribution in [0.25, 0.3) is 0 Å². The van der Waals surface area contributed by atoms with Gasteiger partial charge in [-0.2, -0.15) is 13.2 Å². The van der Waals surface area contributed by atoms with Crippen molar-refractivity contribution >= 4 is 11.5 Å². The van der Waals surface area contributed by atoms with E-state index in [2.05, 4.69) is 0 Å². The molecule has 82 valence electrons. The number of nitrogens with two attached hydrogens (primary N) is 1. The van der Waals surface area contributed by atoms with Crippen LogP contribution < -0.4 is 5.73 Å². The van der Waals surface area contributed by atoms with E-state index in [0.717, 1.165) is 6.92 Å². The molecule has 0 heterocycles. The molecule has 0 aliphatic heterocycles. The molecule has 0 spiro atoms. The molecule has 0 unspecified atom stereocenters. The van der Waals surface area contributed by atoms with Gasteiger partial charge in [0, 0.05) is 11.3 Å². The quantitative estimate of drug-likeness (QED) is 0.450. The van der Waals surface area contributed by atoms with Crippen molar-refractivity contribution in [2.75, 3.05) is 5.73 Å². The summed E-state index contributed by atoms with van der Waals surface area (Å²) in [6.45, 7) is 1.10. The molecule has 2 N–H and O–H groups in total. The summed E-state index contributed by atoms with van der Waals surface area (Å²) in [5.74, 6) is -2.08. The number of Topliss-reactive ketones (excluding diaryl/α,β-unsaturated/α-hetero) is 1. The first-order valence-corrected chi connectivity index (χ1v) is 3.90. The van der Waals surface area contributed by atoms with Gasteiger partial charge in [-0.05, 0) is 19.1 Å². The lowest BCUT2D eigenvalue weighted by atomic mass is 10.1. The van der Waals surface area contributed by atoms with Crippen LogP contribution in [0.2, 0.25) is 0 Å². The van der Waals surface area contributed by atoms with Crippen molar-refractivity contribution in [3.63, 3.8) is 0 Å². The molecule has 0 saturated heterocycles. The van der Waals surface area contributed by atoms with Gasteiger partial charge in [-0.15, -0.1) is 0 Å². The highest BCUT2D eigenvalue weighted by atomic mass is 19.4. The average molecular weight is 221 g/mol. The van der Waals surface area contributed by atoms with E-state index in [9.17, 15) is 22.4 Å². The molecule has 2 nitrogen and oxygen atoms in total. The Morgan fingerprint density at radius 1 is 1.33 bits per heavy atom. The molecule has 0 fully saturated rings. The molecule has 1 aromatic rings. The number of hydrogen-bond acceptors (Lipinski definition) is 2. The molecule has 0 aliphatic rings. The van der Waals surface area contributed by atoms with E-state index in [1.165, 1.54) is 0 Å². The van der Waals surface area contributed by atoms with E-state index in [0.29, 0.717) is 12.1 Å². The number of benzene rings is 1. The number of hydrogen-bond donors (Lipinski definition) is 1. The fraction of sp³-hybridized carbons (Fsp3) is 0.222. The lowest BCUT2D eigenvalue weighted by Gasteiger charge is -2.10. The maximum atomic E-state index is 13.0. The molecule has 1 rings (SSSR count). The summed E-state index contributed by atoms with van der Waals surface area (Å²) < 4.78 is 49.5. The Morgan fingerprint density at radius 3 is 2.27 bits per heavy atom. The Bertz CT molecular complexity index is 411. The molecule has 0 radical (unpaired) electrons. The minimum atomic E-state index is -4.81. The van der Waals surface area contributed by atoms with Gasteiger partial charge in [0.25, 0.3) is 0 Å². The Balaban J connectivity index is 3.39. The fourth-order valence-corrected chi connectivity index (χ4v) is 1.11. The number of carbonyl (C=O) groups is 1. The smallest absolute Gasteiger partial charge is 0.398 e. The van der Waals surface area contributed by atoms with Crippen LogP contribution in [0.15, 0.2) is 12.1 Å². The number of rotatable bonds is 1. The summed E-state index contributed by atoms with van der Waals surface area (Å²) in [6, 6.07) is 0.923. The predicted octanol–water partition coefficient (Wildman–Crippen LogP) is 2.63. The second-order valence-electron chi connectivity index (χ2n) is 2.97. The predicted molar refractivity (Wildman–Crippen MR) is 45.8 cm³/mol. The van der Waals surface area contributed by atoms with Gasteiger partial charge in [-0.1, -0.05) is 0 Å². The van der Waals surface area contributed by atoms with E-state index in [1.54, 1.807) is 0 Å². The van der Waals surface area contributed by atoms with Crippen LogP contribution in [-0.4, -0.2) is 5.78 Å². The van der Waals surface area contributed by atoms with Crippen LogP contribution in [0.4, 0.5) is 23.2 Å². The lowest BCUT2D eigenvalue weighted by molar-refractivity contribution is -0.139. The van der Waals surface area contributed by atoms with Gasteiger partial charge in [-0.3, -0.25) is 4.79 Å². The molecule has 0 bridgehead atoms. The summed E-state index contributed by atoms with van der Waals surface area (Å²) in [6.07, 6.45) is -4.81. The van der Waals surface area contributed by atoms with Crippen molar-refractivity contribution in [2.24, 2.45) is 0 Å². The maximum Gasteiger partial charge on any atom is 0.419 e. The molecule has 0 saturated carbocycles. The van der Waals surface area contributed by atoms with Crippen LogP contribution in [-0.2, 0) is 6.18 Å². The summed E-state index contributed by atoms with van der Waals surface area (Å²) in [7, 11) is 0. The fourth-order valence-electron chi connectivity index (χ4n) is 1.11. The topological polar surface area (TPSA) is 43.1 Å². The van der Waals surface area contributed by atoms with Crippen LogP contribution in [0, 0.1) is 5.82 Å². The first-order chi connectivity index (χ1) is 6.73. The molecule has 0 aliphatic carbocycles. The molecular weight excluding hydrogens is 214 g/mol. The number of halogens is 4. The van der Waals surface area contributed by atoms with E-state index in [4.69, 9.17) is 5.73 Å². The highest BCUT2D eigenvalue weighted by molar-refractivity contribution is 5.99. The Kier molecular flexibility index (Phi) is 2.70. The number of carbonyl (C=O) groups excluding carboxylic acids is 1. The normalized spacial score (nSPS) is 11.5. The lowest BCUT2D eigenvalue weighted by Crippen LogP contribution is -2.11. The van der Waals surface area contributed by atoms with Crippen LogP contribution in [0.3, 0.4) is 0 Å². The van der Waals surface area contributed by atoms with Gasteiger partial charge in [0.05, 0.1) is 5.56 Å². The van der Waals surface area contributed by atoms with Crippen molar-refractivity contribution < 1.29 is 22.4 Å². The standard InChI is InChI=1S/C9H7F4NO/c1-4(15)5-2-7(10)6(3-8(5)14)9(11,12)13/h2-3H,14H2,1H3. The van der Waals surface area contributed by atoms with Gasteiger partial charge in [0.15, 0.2) is 5.78 Å². The highest BCUT2D eigenvalue weighted by Gasteiger charge is 2.34. The highest BCUT2D eigenvalue weighted by Crippen LogP contribution is 2.33. The Hall–Kier alpha value is -1.59. The summed E-state index contributed by atoms with van der Waals surface area (Å²) in [5, 5.41) is 0. The third-order valence-electron chi connectivity index (χ3n) is 1.82. The summed E-state index contributed by atoms with van der Waals surface area (Å²) in [5.41, 5.74) is 3.10. The number of alkyl halides is 3. The molecule has 6 heteroatoms. The third-order valence-corrected chi connectivity index (χ3v) is 1.82.